The van der Waals surface area contributed by atoms with Crippen molar-refractivity contribution in [2.45, 2.75) is 45.4 Å². The van der Waals surface area contributed by atoms with Crippen molar-refractivity contribution in [1.82, 2.24) is 4.90 Å². The van der Waals surface area contributed by atoms with E-state index in [1.807, 2.05) is 6.07 Å². The molecule has 1 aromatic carbocycles. The van der Waals surface area contributed by atoms with Gasteiger partial charge in [-0.05, 0) is 38.9 Å². The van der Waals surface area contributed by atoms with Gasteiger partial charge in [0.15, 0.2) is 0 Å². The van der Waals surface area contributed by atoms with E-state index >= 15 is 0 Å². The van der Waals surface area contributed by atoms with E-state index in [-0.39, 0.29) is 18.2 Å². The lowest BCUT2D eigenvalue weighted by atomic mass is 9.97. The molecule has 0 aliphatic heterocycles. The molecule has 20 heavy (non-hydrogen) atoms. The molecule has 0 bridgehead atoms. The summed E-state index contributed by atoms with van der Waals surface area (Å²) >= 11 is 3.64. The fraction of sp³-hybridized carbons (Fsp3) is 0.625. The van der Waals surface area contributed by atoms with Crippen LogP contribution in [0.25, 0.3) is 0 Å². The predicted molar refractivity (Wildman–Crippen MR) is 88.9 cm³/mol. The molecule has 0 fully saturated rings. The van der Waals surface area contributed by atoms with Gasteiger partial charge in [-0.3, -0.25) is 4.90 Å². The minimum Gasteiger partial charge on any atom is -0.377 e. The Hall–Kier alpha value is -0.420. The largest absolute Gasteiger partial charge is 0.377 e. The number of hydrogen-bond acceptors (Lipinski definition) is 3. The second-order valence-electron chi connectivity index (χ2n) is 5.44. The van der Waals surface area contributed by atoms with E-state index in [1.54, 1.807) is 0 Å². The molecule has 1 aromatic rings. The van der Waals surface area contributed by atoms with Crippen LogP contribution in [0.2, 0.25) is 0 Å². The van der Waals surface area contributed by atoms with Crippen LogP contribution in [0.4, 0.5) is 0 Å². The zero-order chi connectivity index (χ0) is 15.1. The SMILES string of the molecule is CCC(N)C(c1ccccc1Br)N(C)CCOC(C)C. The van der Waals surface area contributed by atoms with Crippen molar-refractivity contribution in [2.24, 2.45) is 5.73 Å². The third-order valence-corrected chi connectivity index (χ3v) is 4.19. The fourth-order valence-corrected chi connectivity index (χ4v) is 2.82. The van der Waals surface area contributed by atoms with Crippen LogP contribution < -0.4 is 5.73 Å². The molecule has 2 unspecified atom stereocenters. The number of likely N-dealkylation sites (N-methyl/N-ethyl adjacent to an activating group) is 1. The molecule has 0 heterocycles. The van der Waals surface area contributed by atoms with E-state index < -0.39 is 0 Å². The molecule has 2 atom stereocenters. The maximum absolute atomic E-state index is 6.35. The van der Waals surface area contributed by atoms with E-state index in [0.29, 0.717) is 0 Å². The van der Waals surface area contributed by atoms with Crippen molar-refractivity contribution in [3.8, 4) is 0 Å². The van der Waals surface area contributed by atoms with Gasteiger partial charge in [-0.25, -0.2) is 0 Å². The summed E-state index contributed by atoms with van der Waals surface area (Å²) in [5.74, 6) is 0. The highest BCUT2D eigenvalue weighted by Gasteiger charge is 2.24. The molecular weight excluding hydrogens is 316 g/mol. The van der Waals surface area contributed by atoms with Crippen LogP contribution in [-0.2, 0) is 4.74 Å². The minimum atomic E-state index is 0.109. The van der Waals surface area contributed by atoms with Gasteiger partial charge in [-0.1, -0.05) is 41.1 Å². The molecule has 4 heteroatoms. The maximum Gasteiger partial charge on any atom is 0.0597 e. The summed E-state index contributed by atoms with van der Waals surface area (Å²) in [6.07, 6.45) is 1.21. The van der Waals surface area contributed by atoms with Crippen molar-refractivity contribution < 1.29 is 4.74 Å². The summed E-state index contributed by atoms with van der Waals surface area (Å²) < 4.78 is 6.76. The molecule has 3 nitrogen and oxygen atoms in total. The predicted octanol–water partition coefficient (Wildman–Crippen LogP) is 3.58. The van der Waals surface area contributed by atoms with Crippen molar-refractivity contribution in [2.75, 3.05) is 20.2 Å². The number of nitrogens with zero attached hydrogens (tertiary/aromatic N) is 1. The van der Waals surface area contributed by atoms with Crippen LogP contribution in [0.1, 0.15) is 38.8 Å². The molecule has 114 valence electrons. The number of benzene rings is 1. The van der Waals surface area contributed by atoms with Crippen LogP contribution in [0.3, 0.4) is 0 Å². The first-order chi connectivity index (χ1) is 9.47. The Kier molecular flexibility index (Phi) is 7.74. The lowest BCUT2D eigenvalue weighted by Gasteiger charge is -2.33. The molecule has 0 aliphatic rings. The highest BCUT2D eigenvalue weighted by molar-refractivity contribution is 9.10. The van der Waals surface area contributed by atoms with Gasteiger partial charge in [0.25, 0.3) is 0 Å². The molecule has 2 N–H and O–H groups in total. The summed E-state index contributed by atoms with van der Waals surface area (Å²) in [5, 5.41) is 0. The van der Waals surface area contributed by atoms with Gasteiger partial charge >= 0.3 is 0 Å². The number of hydrogen-bond donors (Lipinski definition) is 1. The number of halogens is 1. The molecule has 0 amide bonds. The van der Waals surface area contributed by atoms with Crippen LogP contribution in [0.5, 0.6) is 0 Å². The van der Waals surface area contributed by atoms with Gasteiger partial charge in [0.1, 0.15) is 0 Å². The van der Waals surface area contributed by atoms with Crippen LogP contribution in [-0.4, -0.2) is 37.2 Å². The third kappa shape index (κ3) is 5.17. The van der Waals surface area contributed by atoms with E-state index in [9.17, 15) is 0 Å². The van der Waals surface area contributed by atoms with Gasteiger partial charge in [-0.15, -0.1) is 0 Å². The first kappa shape index (κ1) is 17.6. The summed E-state index contributed by atoms with van der Waals surface area (Å²) in [7, 11) is 2.11. The van der Waals surface area contributed by atoms with Gasteiger partial charge < -0.3 is 10.5 Å². The van der Waals surface area contributed by atoms with Crippen molar-refractivity contribution >= 4 is 15.9 Å². The summed E-state index contributed by atoms with van der Waals surface area (Å²) in [6.45, 7) is 7.85. The van der Waals surface area contributed by atoms with E-state index in [1.165, 1.54) is 5.56 Å². The standard InChI is InChI=1S/C16H27BrN2O/c1-5-15(18)16(13-8-6-7-9-14(13)17)19(4)10-11-20-12(2)3/h6-9,12,15-16H,5,10-11,18H2,1-4H3. The average molecular weight is 343 g/mol. The molecule has 0 saturated carbocycles. The lowest BCUT2D eigenvalue weighted by Crippen LogP contribution is -2.40. The van der Waals surface area contributed by atoms with E-state index in [4.69, 9.17) is 10.5 Å². The Morgan fingerprint density at radius 1 is 1.30 bits per heavy atom. The quantitative estimate of drug-likeness (QED) is 0.784. The monoisotopic (exact) mass is 342 g/mol. The maximum atomic E-state index is 6.35. The summed E-state index contributed by atoms with van der Waals surface area (Å²) in [4.78, 5) is 2.29. The van der Waals surface area contributed by atoms with Crippen molar-refractivity contribution in [1.29, 1.82) is 0 Å². The Labute approximate surface area is 131 Å². The number of rotatable bonds is 8. The second kappa shape index (κ2) is 8.78. The molecule has 0 aliphatic carbocycles. The Bertz CT molecular complexity index is 398. The van der Waals surface area contributed by atoms with E-state index in [0.717, 1.165) is 24.0 Å². The Morgan fingerprint density at radius 2 is 1.95 bits per heavy atom. The van der Waals surface area contributed by atoms with Crippen LogP contribution in [0, 0.1) is 0 Å². The molecule has 0 saturated heterocycles. The van der Waals surface area contributed by atoms with Gasteiger partial charge in [0.2, 0.25) is 0 Å². The Balaban J connectivity index is 2.82. The minimum absolute atomic E-state index is 0.109. The first-order valence-electron chi connectivity index (χ1n) is 7.29. The normalized spacial score (nSPS) is 14.8. The summed E-state index contributed by atoms with van der Waals surface area (Å²) in [5.41, 5.74) is 7.59. The second-order valence-corrected chi connectivity index (χ2v) is 6.29. The number of nitrogens with two attached hydrogens (primary N) is 1. The molecule has 0 spiro atoms. The first-order valence-corrected chi connectivity index (χ1v) is 8.08. The van der Waals surface area contributed by atoms with Crippen molar-refractivity contribution in [3.63, 3.8) is 0 Å². The van der Waals surface area contributed by atoms with Gasteiger partial charge in [0.05, 0.1) is 18.8 Å². The topological polar surface area (TPSA) is 38.5 Å². The van der Waals surface area contributed by atoms with Crippen LogP contribution in [0.15, 0.2) is 28.7 Å². The molecule has 0 aromatic heterocycles. The highest BCUT2D eigenvalue weighted by Crippen LogP contribution is 2.29. The fourth-order valence-electron chi connectivity index (χ4n) is 2.30. The zero-order valence-electron chi connectivity index (χ0n) is 13.0. The van der Waals surface area contributed by atoms with Crippen molar-refractivity contribution in [3.05, 3.63) is 34.3 Å². The molecular formula is C16H27BrN2O. The Morgan fingerprint density at radius 3 is 2.50 bits per heavy atom. The lowest BCUT2D eigenvalue weighted by molar-refractivity contribution is 0.0526. The average Bonchev–Trinajstić information content (AvgIpc) is 2.40. The number of ether oxygens (including phenoxy) is 1. The van der Waals surface area contributed by atoms with Crippen LogP contribution >= 0.6 is 15.9 Å². The highest BCUT2D eigenvalue weighted by atomic mass is 79.9. The smallest absolute Gasteiger partial charge is 0.0597 e. The molecule has 1 rings (SSSR count). The van der Waals surface area contributed by atoms with E-state index in [2.05, 4.69) is 66.8 Å². The van der Waals surface area contributed by atoms with Gasteiger partial charge in [0, 0.05) is 17.1 Å². The summed E-state index contributed by atoms with van der Waals surface area (Å²) in [6, 6.07) is 8.62. The molecule has 0 radical (unpaired) electrons. The van der Waals surface area contributed by atoms with Gasteiger partial charge in [-0.2, -0.15) is 0 Å². The zero-order valence-corrected chi connectivity index (χ0v) is 14.6. The third-order valence-electron chi connectivity index (χ3n) is 3.47.